The van der Waals surface area contributed by atoms with Crippen molar-refractivity contribution < 1.29 is 9.53 Å². The zero-order chi connectivity index (χ0) is 16.0. The van der Waals surface area contributed by atoms with Gasteiger partial charge in [0.15, 0.2) is 5.82 Å². The fraction of sp³-hybridized carbons (Fsp3) is 0.286. The van der Waals surface area contributed by atoms with Crippen LogP contribution in [0.1, 0.15) is 34.4 Å². The van der Waals surface area contributed by atoms with E-state index in [1.165, 1.54) is 18.4 Å². The van der Waals surface area contributed by atoms with Gasteiger partial charge in [0.05, 0.1) is 12.8 Å². The lowest BCUT2D eigenvalue weighted by atomic mass is 10.3. The molecule has 23 heavy (non-hydrogen) atoms. The second-order valence-corrected chi connectivity index (χ2v) is 6.63. The Hall–Kier alpha value is -2.19. The molecule has 0 atom stereocenters. The van der Waals surface area contributed by atoms with Crippen LogP contribution in [0.4, 0.5) is 5.69 Å². The predicted octanol–water partition coefficient (Wildman–Crippen LogP) is 2.98. The second kappa shape index (κ2) is 5.47. The van der Waals surface area contributed by atoms with Crippen LogP contribution in [-0.4, -0.2) is 32.8 Å². The first-order valence-corrected chi connectivity index (χ1v) is 8.22. The van der Waals surface area contributed by atoms with E-state index < -0.39 is 0 Å². The molecule has 4 rings (SSSR count). The standard InChI is InChI=1S/C14H12ClN5O2S/c1-22-10-5-4-8(15)6-9(10)16-12(21)13-19-20-11(7-2-3-7)17-18-14(20)23-13/h4-7H,2-3H2,1H3,(H,16,21). The Bertz CT molecular complexity index is 902. The zero-order valence-electron chi connectivity index (χ0n) is 12.1. The van der Waals surface area contributed by atoms with Crippen molar-refractivity contribution in [3.05, 3.63) is 34.1 Å². The molecule has 1 aromatic carbocycles. The van der Waals surface area contributed by atoms with E-state index in [1.807, 2.05) is 0 Å². The molecule has 3 aromatic rings. The van der Waals surface area contributed by atoms with Crippen molar-refractivity contribution >= 4 is 39.5 Å². The third-order valence-electron chi connectivity index (χ3n) is 3.56. The van der Waals surface area contributed by atoms with E-state index in [0.29, 0.717) is 32.3 Å². The second-order valence-electron chi connectivity index (χ2n) is 5.23. The molecule has 0 aliphatic heterocycles. The third kappa shape index (κ3) is 2.64. The number of carbonyl (C=O) groups excluding carboxylic acids is 1. The number of carbonyl (C=O) groups is 1. The summed E-state index contributed by atoms with van der Waals surface area (Å²) in [7, 11) is 1.53. The van der Waals surface area contributed by atoms with E-state index in [0.717, 1.165) is 18.7 Å². The highest BCUT2D eigenvalue weighted by Crippen LogP contribution is 2.39. The van der Waals surface area contributed by atoms with Gasteiger partial charge in [0, 0.05) is 10.9 Å². The Kier molecular flexibility index (Phi) is 3.42. The van der Waals surface area contributed by atoms with Crippen LogP contribution in [0.25, 0.3) is 4.96 Å². The van der Waals surface area contributed by atoms with Gasteiger partial charge < -0.3 is 10.1 Å². The van der Waals surface area contributed by atoms with Crippen molar-refractivity contribution in [1.29, 1.82) is 0 Å². The maximum Gasteiger partial charge on any atom is 0.286 e. The topological polar surface area (TPSA) is 81.4 Å². The fourth-order valence-electron chi connectivity index (χ4n) is 2.27. The van der Waals surface area contributed by atoms with Gasteiger partial charge in [-0.05, 0) is 31.0 Å². The molecule has 0 spiro atoms. The molecule has 1 N–H and O–H groups in total. The number of anilines is 1. The normalized spacial score (nSPS) is 14.2. The van der Waals surface area contributed by atoms with Gasteiger partial charge in [-0.1, -0.05) is 22.9 Å². The molecule has 0 bridgehead atoms. The van der Waals surface area contributed by atoms with Crippen LogP contribution in [0.2, 0.25) is 5.02 Å². The van der Waals surface area contributed by atoms with Crippen molar-refractivity contribution in [3.63, 3.8) is 0 Å². The zero-order valence-corrected chi connectivity index (χ0v) is 13.7. The molecule has 7 nitrogen and oxygen atoms in total. The van der Waals surface area contributed by atoms with Gasteiger partial charge in [0.1, 0.15) is 5.75 Å². The molecule has 2 aromatic heterocycles. The SMILES string of the molecule is COc1ccc(Cl)cc1NC(=O)c1nn2c(C3CC3)nnc2s1. The van der Waals surface area contributed by atoms with Gasteiger partial charge in [0.25, 0.3) is 5.91 Å². The minimum absolute atomic E-state index is 0.318. The largest absolute Gasteiger partial charge is 0.495 e. The van der Waals surface area contributed by atoms with Crippen molar-refractivity contribution in [2.75, 3.05) is 12.4 Å². The Balaban J connectivity index is 1.63. The summed E-state index contributed by atoms with van der Waals surface area (Å²) in [5.41, 5.74) is 0.499. The Morgan fingerprint density at radius 2 is 2.26 bits per heavy atom. The average molecular weight is 350 g/mol. The predicted molar refractivity (Wildman–Crippen MR) is 86.6 cm³/mol. The number of amides is 1. The highest BCUT2D eigenvalue weighted by molar-refractivity contribution is 7.18. The molecule has 118 valence electrons. The number of fused-ring (bicyclic) bond motifs is 1. The number of aromatic nitrogens is 4. The lowest BCUT2D eigenvalue weighted by Crippen LogP contribution is -2.13. The number of hydrogen-bond donors (Lipinski definition) is 1. The molecule has 2 heterocycles. The molecule has 9 heteroatoms. The van der Waals surface area contributed by atoms with E-state index in [1.54, 1.807) is 22.7 Å². The van der Waals surface area contributed by atoms with E-state index >= 15 is 0 Å². The van der Waals surface area contributed by atoms with Crippen LogP contribution >= 0.6 is 22.9 Å². The highest BCUT2D eigenvalue weighted by atomic mass is 35.5. The molecular formula is C14H12ClN5O2S. The first kappa shape index (κ1) is 14.4. The van der Waals surface area contributed by atoms with Gasteiger partial charge in [0.2, 0.25) is 9.97 Å². The molecule has 1 fully saturated rings. The number of nitrogens with one attached hydrogen (secondary N) is 1. The van der Waals surface area contributed by atoms with Gasteiger partial charge in [-0.15, -0.1) is 15.3 Å². The quantitative estimate of drug-likeness (QED) is 0.783. The lowest BCUT2D eigenvalue weighted by molar-refractivity contribution is 0.102. The summed E-state index contributed by atoms with van der Waals surface area (Å²) in [4.78, 5) is 13.1. The monoisotopic (exact) mass is 349 g/mol. The fourth-order valence-corrected chi connectivity index (χ4v) is 3.19. The smallest absolute Gasteiger partial charge is 0.286 e. The average Bonchev–Trinajstić information content (AvgIpc) is 3.15. The summed E-state index contributed by atoms with van der Waals surface area (Å²) < 4.78 is 6.88. The third-order valence-corrected chi connectivity index (χ3v) is 4.69. The van der Waals surface area contributed by atoms with Crippen LogP contribution in [0.5, 0.6) is 5.75 Å². The molecule has 1 amide bonds. The summed E-state index contributed by atoms with van der Waals surface area (Å²) >= 11 is 7.17. The number of benzene rings is 1. The van der Waals surface area contributed by atoms with Gasteiger partial charge in [-0.2, -0.15) is 4.52 Å². The van der Waals surface area contributed by atoms with Crippen LogP contribution in [0, 0.1) is 0 Å². The van der Waals surface area contributed by atoms with Crippen LogP contribution in [0.3, 0.4) is 0 Å². The first-order chi connectivity index (χ1) is 11.2. The minimum atomic E-state index is -0.331. The summed E-state index contributed by atoms with van der Waals surface area (Å²) in [6, 6.07) is 5.02. The van der Waals surface area contributed by atoms with E-state index in [-0.39, 0.29) is 5.91 Å². The van der Waals surface area contributed by atoms with Crippen LogP contribution < -0.4 is 10.1 Å². The number of ether oxygens (including phenoxy) is 1. The molecule has 0 saturated heterocycles. The van der Waals surface area contributed by atoms with Gasteiger partial charge >= 0.3 is 0 Å². The molecule has 1 aliphatic rings. The number of rotatable bonds is 4. The van der Waals surface area contributed by atoms with E-state index in [4.69, 9.17) is 16.3 Å². The lowest BCUT2D eigenvalue weighted by Gasteiger charge is -2.09. The highest BCUT2D eigenvalue weighted by Gasteiger charge is 2.30. The maximum absolute atomic E-state index is 12.4. The first-order valence-electron chi connectivity index (χ1n) is 7.02. The summed E-state index contributed by atoms with van der Waals surface area (Å²) in [5, 5.41) is 16.1. The number of hydrogen-bond acceptors (Lipinski definition) is 6. The molecule has 1 saturated carbocycles. The Morgan fingerprint density at radius 3 is 3.00 bits per heavy atom. The van der Waals surface area contributed by atoms with Crippen molar-refractivity contribution in [2.24, 2.45) is 0 Å². The summed E-state index contributed by atoms with van der Waals surface area (Å²) in [6.45, 7) is 0. The maximum atomic E-state index is 12.4. The number of halogens is 1. The molecular weight excluding hydrogens is 338 g/mol. The summed E-state index contributed by atoms with van der Waals surface area (Å²) in [6.07, 6.45) is 2.19. The van der Waals surface area contributed by atoms with Crippen molar-refractivity contribution in [2.45, 2.75) is 18.8 Å². The Labute approximate surface area is 140 Å². The van der Waals surface area contributed by atoms with Gasteiger partial charge in [-0.3, -0.25) is 4.79 Å². The molecule has 0 radical (unpaired) electrons. The van der Waals surface area contributed by atoms with Gasteiger partial charge in [-0.25, -0.2) is 0 Å². The Morgan fingerprint density at radius 1 is 1.43 bits per heavy atom. The van der Waals surface area contributed by atoms with E-state index in [2.05, 4.69) is 20.6 Å². The molecule has 0 unspecified atom stereocenters. The summed E-state index contributed by atoms with van der Waals surface area (Å²) in [5.74, 6) is 1.44. The van der Waals surface area contributed by atoms with Crippen molar-refractivity contribution in [3.8, 4) is 5.75 Å². The number of nitrogens with zero attached hydrogens (tertiary/aromatic N) is 4. The number of methoxy groups -OCH3 is 1. The van der Waals surface area contributed by atoms with Crippen LogP contribution in [0.15, 0.2) is 18.2 Å². The van der Waals surface area contributed by atoms with Crippen LogP contribution in [-0.2, 0) is 0 Å². The van der Waals surface area contributed by atoms with Crippen molar-refractivity contribution in [1.82, 2.24) is 19.8 Å². The minimum Gasteiger partial charge on any atom is -0.495 e. The molecule has 1 aliphatic carbocycles. The van der Waals surface area contributed by atoms with E-state index in [9.17, 15) is 4.79 Å².